The maximum atomic E-state index is 9.61. The molecular formula is C18H28N2. The summed E-state index contributed by atoms with van der Waals surface area (Å²) in [6, 6.07) is 13.5. The lowest BCUT2D eigenvalue weighted by Crippen LogP contribution is -2.45. The van der Waals surface area contributed by atoms with Gasteiger partial charge in [0.2, 0.25) is 0 Å². The van der Waals surface area contributed by atoms with Crippen molar-refractivity contribution in [2.24, 2.45) is 0 Å². The molecule has 1 atom stereocenters. The Morgan fingerprint density at radius 2 is 1.75 bits per heavy atom. The largest absolute Gasteiger partial charge is 0.301 e. The monoisotopic (exact) mass is 272 g/mol. The van der Waals surface area contributed by atoms with Gasteiger partial charge < -0.3 is 4.90 Å². The van der Waals surface area contributed by atoms with E-state index in [1.54, 1.807) is 0 Å². The second-order valence-electron chi connectivity index (χ2n) is 5.35. The summed E-state index contributed by atoms with van der Waals surface area (Å²) in [4.78, 5) is 2.51. The van der Waals surface area contributed by atoms with Crippen LogP contribution in [0.2, 0.25) is 0 Å². The Labute approximate surface area is 124 Å². The normalized spacial score (nSPS) is 19.4. The van der Waals surface area contributed by atoms with Crippen LogP contribution in [0.15, 0.2) is 30.3 Å². The highest BCUT2D eigenvalue weighted by Gasteiger charge is 2.36. The predicted molar refractivity (Wildman–Crippen MR) is 85.6 cm³/mol. The zero-order valence-corrected chi connectivity index (χ0v) is 13.4. The average molecular weight is 272 g/mol. The fraction of sp³-hybridized carbons (Fsp3) is 0.611. The second kappa shape index (κ2) is 8.07. The SMILES string of the molecule is CC.CCC(C)N1CCC(C#N)(c2ccccc2)CC1. The van der Waals surface area contributed by atoms with Crippen molar-refractivity contribution in [3.05, 3.63) is 35.9 Å². The topological polar surface area (TPSA) is 27.0 Å². The molecule has 0 bridgehead atoms. The maximum absolute atomic E-state index is 9.61. The van der Waals surface area contributed by atoms with Crippen LogP contribution in [0.5, 0.6) is 0 Å². The van der Waals surface area contributed by atoms with E-state index >= 15 is 0 Å². The molecule has 1 fully saturated rings. The Morgan fingerprint density at radius 3 is 2.20 bits per heavy atom. The zero-order chi connectivity index (χ0) is 15.0. The first-order valence-electron chi connectivity index (χ1n) is 7.92. The summed E-state index contributed by atoms with van der Waals surface area (Å²) >= 11 is 0. The third-order valence-electron chi connectivity index (χ3n) is 4.41. The number of rotatable bonds is 3. The van der Waals surface area contributed by atoms with Gasteiger partial charge >= 0.3 is 0 Å². The van der Waals surface area contributed by atoms with Crippen LogP contribution in [0.1, 0.15) is 52.5 Å². The van der Waals surface area contributed by atoms with Gasteiger partial charge in [-0.2, -0.15) is 5.26 Å². The van der Waals surface area contributed by atoms with E-state index in [9.17, 15) is 5.26 Å². The molecule has 0 N–H and O–H groups in total. The van der Waals surface area contributed by atoms with Crippen molar-refractivity contribution in [3.63, 3.8) is 0 Å². The third kappa shape index (κ3) is 3.61. The summed E-state index contributed by atoms with van der Waals surface area (Å²) in [6.07, 6.45) is 3.10. The molecule has 1 aromatic carbocycles. The van der Waals surface area contributed by atoms with Gasteiger partial charge in [0.25, 0.3) is 0 Å². The molecule has 2 heteroatoms. The Kier molecular flexibility index (Phi) is 6.75. The minimum absolute atomic E-state index is 0.259. The lowest BCUT2D eigenvalue weighted by molar-refractivity contribution is 0.139. The molecule has 0 aliphatic carbocycles. The standard InChI is InChI=1S/C16H22N2.C2H6/c1-3-14(2)18-11-9-16(13-17,10-12-18)15-7-5-4-6-8-15;1-2/h4-8,14H,3,9-12H2,1-2H3;1-2H3. The van der Waals surface area contributed by atoms with Gasteiger partial charge in [-0.3, -0.25) is 0 Å². The Balaban J connectivity index is 0.000000956. The van der Waals surface area contributed by atoms with Crippen molar-refractivity contribution in [2.45, 2.75) is 58.4 Å². The summed E-state index contributed by atoms with van der Waals surface area (Å²) in [6.45, 7) is 10.6. The smallest absolute Gasteiger partial charge is 0.0846 e. The molecule has 0 radical (unpaired) electrons. The maximum Gasteiger partial charge on any atom is 0.0846 e. The summed E-state index contributed by atoms with van der Waals surface area (Å²) < 4.78 is 0. The summed E-state index contributed by atoms with van der Waals surface area (Å²) in [5.41, 5.74) is 0.932. The quantitative estimate of drug-likeness (QED) is 0.817. The highest BCUT2D eigenvalue weighted by molar-refractivity contribution is 5.33. The van der Waals surface area contributed by atoms with E-state index < -0.39 is 0 Å². The molecule has 2 rings (SSSR count). The van der Waals surface area contributed by atoms with Crippen LogP contribution in [0, 0.1) is 11.3 Å². The minimum Gasteiger partial charge on any atom is -0.301 e. The average Bonchev–Trinajstić information content (AvgIpc) is 2.57. The number of hydrogen-bond donors (Lipinski definition) is 0. The number of nitriles is 1. The van der Waals surface area contributed by atoms with Gasteiger partial charge in [0.05, 0.1) is 11.5 Å². The van der Waals surface area contributed by atoms with Crippen LogP contribution in [0.4, 0.5) is 0 Å². The first kappa shape index (κ1) is 16.7. The van der Waals surface area contributed by atoms with Crippen LogP contribution in [-0.4, -0.2) is 24.0 Å². The van der Waals surface area contributed by atoms with Crippen LogP contribution in [-0.2, 0) is 5.41 Å². The number of hydrogen-bond acceptors (Lipinski definition) is 2. The Hall–Kier alpha value is -1.33. The molecule has 0 spiro atoms. The van der Waals surface area contributed by atoms with E-state index in [1.165, 1.54) is 12.0 Å². The molecule has 0 saturated carbocycles. The van der Waals surface area contributed by atoms with Crippen molar-refractivity contribution in [1.82, 2.24) is 4.90 Å². The van der Waals surface area contributed by atoms with Gasteiger partial charge in [0.1, 0.15) is 0 Å². The fourth-order valence-electron chi connectivity index (χ4n) is 2.83. The molecule has 0 aromatic heterocycles. The lowest BCUT2D eigenvalue weighted by atomic mass is 9.74. The molecule has 1 aliphatic rings. The lowest BCUT2D eigenvalue weighted by Gasteiger charge is -2.40. The third-order valence-corrected chi connectivity index (χ3v) is 4.41. The van der Waals surface area contributed by atoms with Crippen molar-refractivity contribution in [1.29, 1.82) is 5.26 Å². The molecule has 1 aromatic rings. The number of likely N-dealkylation sites (tertiary alicyclic amines) is 1. The van der Waals surface area contributed by atoms with Crippen LogP contribution in [0.3, 0.4) is 0 Å². The van der Waals surface area contributed by atoms with Crippen molar-refractivity contribution < 1.29 is 0 Å². The van der Waals surface area contributed by atoms with Gasteiger partial charge in [0, 0.05) is 19.1 Å². The number of benzene rings is 1. The van der Waals surface area contributed by atoms with Crippen LogP contribution < -0.4 is 0 Å². The van der Waals surface area contributed by atoms with Gasteiger partial charge in [-0.25, -0.2) is 0 Å². The first-order valence-corrected chi connectivity index (χ1v) is 7.92. The highest BCUT2D eigenvalue weighted by Crippen LogP contribution is 2.35. The second-order valence-corrected chi connectivity index (χ2v) is 5.35. The summed E-state index contributed by atoms with van der Waals surface area (Å²) in [5.74, 6) is 0. The molecule has 2 nitrogen and oxygen atoms in total. The van der Waals surface area contributed by atoms with Gasteiger partial charge in [-0.1, -0.05) is 51.1 Å². The van der Waals surface area contributed by atoms with Gasteiger partial charge in [0.15, 0.2) is 0 Å². The highest BCUT2D eigenvalue weighted by atomic mass is 15.2. The van der Waals surface area contributed by atoms with E-state index in [4.69, 9.17) is 0 Å². The van der Waals surface area contributed by atoms with E-state index in [1.807, 2.05) is 32.0 Å². The van der Waals surface area contributed by atoms with E-state index in [0.29, 0.717) is 6.04 Å². The van der Waals surface area contributed by atoms with Gasteiger partial charge in [-0.05, 0) is 31.7 Å². The molecular weight excluding hydrogens is 244 g/mol. The van der Waals surface area contributed by atoms with E-state index in [-0.39, 0.29) is 5.41 Å². The Bertz CT molecular complexity index is 411. The van der Waals surface area contributed by atoms with E-state index in [2.05, 4.69) is 36.9 Å². The molecule has 1 saturated heterocycles. The van der Waals surface area contributed by atoms with E-state index in [0.717, 1.165) is 25.9 Å². The molecule has 1 heterocycles. The van der Waals surface area contributed by atoms with Crippen molar-refractivity contribution >= 4 is 0 Å². The minimum atomic E-state index is -0.259. The summed E-state index contributed by atoms with van der Waals surface area (Å²) in [5, 5.41) is 9.61. The zero-order valence-electron chi connectivity index (χ0n) is 13.4. The first-order chi connectivity index (χ1) is 9.72. The van der Waals surface area contributed by atoms with Crippen LogP contribution in [0.25, 0.3) is 0 Å². The number of nitrogens with zero attached hydrogens (tertiary/aromatic N) is 2. The fourth-order valence-corrected chi connectivity index (χ4v) is 2.83. The van der Waals surface area contributed by atoms with Crippen molar-refractivity contribution in [2.75, 3.05) is 13.1 Å². The molecule has 0 amide bonds. The van der Waals surface area contributed by atoms with Gasteiger partial charge in [-0.15, -0.1) is 0 Å². The molecule has 110 valence electrons. The van der Waals surface area contributed by atoms with Crippen LogP contribution >= 0.6 is 0 Å². The number of piperidine rings is 1. The molecule has 1 unspecified atom stereocenters. The molecule has 1 aliphatic heterocycles. The Morgan fingerprint density at radius 1 is 1.20 bits per heavy atom. The summed E-state index contributed by atoms with van der Waals surface area (Å²) in [7, 11) is 0. The predicted octanol–water partition coefficient (Wildman–Crippen LogP) is 4.37. The molecule has 20 heavy (non-hydrogen) atoms. The van der Waals surface area contributed by atoms with Crippen molar-refractivity contribution in [3.8, 4) is 6.07 Å².